The Hall–Kier alpha value is -5.33. The maximum Gasteiger partial charge on any atom is 0.243 e. The molecule has 2 aromatic carbocycles. The summed E-state index contributed by atoms with van der Waals surface area (Å²) >= 11 is 0. The van der Waals surface area contributed by atoms with E-state index in [1.54, 1.807) is 50.2 Å². The molecule has 2 atom stereocenters. The molecule has 4 heterocycles. The fraction of sp³-hybridized carbons (Fsp3) is 0.344. The van der Waals surface area contributed by atoms with E-state index in [0.717, 1.165) is 5.56 Å². The minimum atomic E-state index is -0.802. The second-order valence-corrected chi connectivity index (χ2v) is 11.2. The predicted octanol–water partition coefficient (Wildman–Crippen LogP) is 3.34. The lowest BCUT2D eigenvalue weighted by Crippen LogP contribution is -2.46. The van der Waals surface area contributed by atoms with Crippen LogP contribution in [-0.4, -0.2) is 63.6 Å². The highest BCUT2D eigenvalue weighted by atomic mass is 16.5. The number of benzene rings is 2. The quantitative estimate of drug-likeness (QED) is 0.310. The van der Waals surface area contributed by atoms with Gasteiger partial charge in [0.2, 0.25) is 23.6 Å². The third kappa shape index (κ3) is 6.47. The van der Waals surface area contributed by atoms with Gasteiger partial charge in [0.25, 0.3) is 0 Å². The van der Waals surface area contributed by atoms with Crippen LogP contribution in [-0.2, 0) is 33.8 Å². The van der Waals surface area contributed by atoms with Crippen molar-refractivity contribution in [2.24, 2.45) is 0 Å². The minimum absolute atomic E-state index is 0.00439. The van der Waals surface area contributed by atoms with Crippen LogP contribution >= 0.6 is 0 Å². The van der Waals surface area contributed by atoms with Gasteiger partial charge < -0.3 is 39.1 Å². The Morgan fingerprint density at radius 3 is 2.76 bits per heavy atom. The molecule has 3 N–H and O–H groups in total. The number of amides is 3. The number of methoxy groups -OCH3 is 1. The van der Waals surface area contributed by atoms with Crippen molar-refractivity contribution in [2.75, 3.05) is 13.7 Å². The molecule has 13 nitrogen and oxygen atoms in total. The number of hydrogen-bond acceptors (Lipinski definition) is 10. The molecule has 1 fully saturated rings. The first-order chi connectivity index (χ1) is 21.7. The zero-order valence-electron chi connectivity index (χ0n) is 25.1. The van der Waals surface area contributed by atoms with E-state index in [9.17, 15) is 19.5 Å². The highest BCUT2D eigenvalue weighted by Gasteiger charge is 2.40. The average Bonchev–Trinajstić information content (AvgIpc) is 3.73. The number of aromatic nitrogens is 2. The molecule has 13 heteroatoms. The Morgan fingerprint density at radius 2 is 1.98 bits per heavy atom. The number of phenols is 1. The topological polar surface area (TPSA) is 169 Å². The van der Waals surface area contributed by atoms with Crippen LogP contribution in [0.1, 0.15) is 41.3 Å². The second-order valence-electron chi connectivity index (χ2n) is 11.2. The van der Waals surface area contributed by atoms with Crippen molar-refractivity contribution in [1.82, 2.24) is 25.7 Å². The SMILES string of the molecule is COc1ccc2cc1Oc1cc(ccc1O)CCC(=O)N1C[C@@H](NC(=O)Cc3cc(C)no3)C[C@H]1C(=O)NCc1nc-2oc1C. The number of ether oxygens (including phenoxy) is 2. The number of oxazole rings is 1. The van der Waals surface area contributed by atoms with Crippen LogP contribution in [0.25, 0.3) is 11.5 Å². The minimum Gasteiger partial charge on any atom is -0.504 e. The van der Waals surface area contributed by atoms with Gasteiger partial charge in [0.1, 0.15) is 23.3 Å². The van der Waals surface area contributed by atoms with Gasteiger partial charge in [0.05, 0.1) is 25.8 Å². The Bertz CT molecular complexity index is 1760. The van der Waals surface area contributed by atoms with E-state index in [2.05, 4.69) is 20.8 Å². The predicted molar refractivity (Wildman–Crippen MR) is 159 cm³/mol. The molecule has 2 aliphatic heterocycles. The molecule has 1 saturated heterocycles. The third-order valence-corrected chi connectivity index (χ3v) is 7.91. The van der Waals surface area contributed by atoms with Gasteiger partial charge in [-0.1, -0.05) is 11.2 Å². The molecule has 0 spiro atoms. The molecule has 0 aliphatic carbocycles. The third-order valence-electron chi connectivity index (χ3n) is 7.91. The number of carbonyl (C=O) groups excluding carboxylic acids is 3. The lowest BCUT2D eigenvalue weighted by molar-refractivity contribution is -0.138. The first kappa shape index (κ1) is 29.7. The normalized spacial score (nSPS) is 18.3. The van der Waals surface area contributed by atoms with Gasteiger partial charge >= 0.3 is 0 Å². The van der Waals surface area contributed by atoms with E-state index < -0.39 is 12.1 Å². The monoisotopic (exact) mass is 615 g/mol. The Kier molecular flexibility index (Phi) is 8.16. The van der Waals surface area contributed by atoms with Crippen molar-refractivity contribution in [3.05, 3.63) is 70.9 Å². The Labute approximate surface area is 258 Å². The van der Waals surface area contributed by atoms with Crippen LogP contribution in [0.2, 0.25) is 0 Å². The summed E-state index contributed by atoms with van der Waals surface area (Å²) in [5.41, 5.74) is 2.54. The number of hydrogen-bond donors (Lipinski definition) is 3. The van der Waals surface area contributed by atoms with E-state index >= 15 is 0 Å². The van der Waals surface area contributed by atoms with E-state index in [1.165, 1.54) is 18.1 Å². The molecule has 6 bridgehead atoms. The standard InChI is InChI=1S/C32H33N5O8/c1-17-10-22(45-36-17)14-29(39)34-21-13-24-31(41)33-15-23-18(2)43-32(35-23)20-6-8-26(42-3)28(12-20)44-27-11-19(4-7-25(27)38)5-9-30(40)37(24)16-21/h4,6-8,10-12,21,24,38H,5,9,13-16H2,1-3H3,(H,33,41)(H,34,39)/t21-,24-/m0/s1. The maximum atomic E-state index is 13.6. The summed E-state index contributed by atoms with van der Waals surface area (Å²) in [7, 11) is 1.51. The van der Waals surface area contributed by atoms with E-state index in [4.69, 9.17) is 18.4 Å². The number of phenolic OH excluding ortho intramolecular Hbond substituents is 1. The van der Waals surface area contributed by atoms with Crippen molar-refractivity contribution in [1.29, 1.82) is 0 Å². The van der Waals surface area contributed by atoms with Gasteiger partial charge in [0, 0.05) is 30.6 Å². The summed E-state index contributed by atoms with van der Waals surface area (Å²) in [5.74, 6) is 1.21. The van der Waals surface area contributed by atoms with Crippen LogP contribution in [0, 0.1) is 13.8 Å². The van der Waals surface area contributed by atoms with Crippen LogP contribution < -0.4 is 20.1 Å². The zero-order chi connectivity index (χ0) is 31.7. The molecule has 6 rings (SSSR count). The number of aromatic hydroxyl groups is 1. The maximum absolute atomic E-state index is 13.6. The van der Waals surface area contributed by atoms with E-state index in [1.807, 2.05) is 0 Å². The smallest absolute Gasteiger partial charge is 0.243 e. The Morgan fingerprint density at radius 1 is 1.13 bits per heavy atom. The summed E-state index contributed by atoms with van der Waals surface area (Å²) in [4.78, 5) is 46.0. The molecule has 2 aliphatic rings. The number of fused-ring (bicyclic) bond motifs is 8. The first-order valence-corrected chi connectivity index (χ1v) is 14.6. The van der Waals surface area contributed by atoms with Crippen molar-refractivity contribution in [3.63, 3.8) is 0 Å². The lowest BCUT2D eigenvalue weighted by atomic mass is 10.1. The van der Waals surface area contributed by atoms with Crippen molar-refractivity contribution < 1.29 is 37.9 Å². The van der Waals surface area contributed by atoms with Gasteiger partial charge in [0.15, 0.2) is 23.0 Å². The number of carbonyl (C=O) groups is 3. The van der Waals surface area contributed by atoms with Gasteiger partial charge in [-0.05, 0) is 62.6 Å². The Balaban J connectivity index is 1.29. The lowest BCUT2D eigenvalue weighted by Gasteiger charge is -2.24. The van der Waals surface area contributed by atoms with Crippen LogP contribution in [0.15, 0.2) is 51.4 Å². The van der Waals surface area contributed by atoms with Crippen molar-refractivity contribution >= 4 is 17.7 Å². The van der Waals surface area contributed by atoms with Crippen LogP contribution in [0.3, 0.4) is 0 Å². The molecule has 234 valence electrons. The molecule has 4 aromatic rings. The van der Waals surface area contributed by atoms with Gasteiger partial charge in [-0.15, -0.1) is 0 Å². The molecule has 0 saturated carbocycles. The first-order valence-electron chi connectivity index (χ1n) is 14.6. The fourth-order valence-electron chi connectivity index (χ4n) is 5.60. The van der Waals surface area contributed by atoms with Gasteiger partial charge in [-0.3, -0.25) is 14.4 Å². The molecule has 2 aromatic heterocycles. The van der Waals surface area contributed by atoms with Crippen LogP contribution in [0.4, 0.5) is 0 Å². The fourth-order valence-corrected chi connectivity index (χ4v) is 5.60. The average molecular weight is 616 g/mol. The highest BCUT2D eigenvalue weighted by Crippen LogP contribution is 2.39. The summed E-state index contributed by atoms with van der Waals surface area (Å²) in [5, 5.41) is 20.2. The zero-order valence-corrected chi connectivity index (χ0v) is 25.1. The van der Waals surface area contributed by atoms with Gasteiger partial charge in [-0.25, -0.2) is 4.98 Å². The summed E-state index contributed by atoms with van der Waals surface area (Å²) in [6, 6.07) is 10.5. The summed E-state index contributed by atoms with van der Waals surface area (Å²) in [6.45, 7) is 3.76. The molecule has 0 unspecified atom stereocenters. The highest BCUT2D eigenvalue weighted by molar-refractivity contribution is 5.89. The number of rotatable bonds is 4. The van der Waals surface area contributed by atoms with Crippen molar-refractivity contribution in [2.45, 2.75) is 58.2 Å². The molecule has 3 amide bonds. The summed E-state index contributed by atoms with van der Waals surface area (Å²) < 4.78 is 22.6. The largest absolute Gasteiger partial charge is 0.504 e. The van der Waals surface area contributed by atoms with Crippen LogP contribution in [0.5, 0.6) is 23.0 Å². The van der Waals surface area contributed by atoms with Crippen molar-refractivity contribution in [3.8, 4) is 34.5 Å². The molecular weight excluding hydrogens is 582 g/mol. The van der Waals surface area contributed by atoms with E-state index in [-0.39, 0.29) is 61.6 Å². The molecule has 45 heavy (non-hydrogen) atoms. The second kappa shape index (κ2) is 12.3. The number of nitrogens with zero attached hydrogens (tertiary/aromatic N) is 3. The molecule has 0 radical (unpaired) electrons. The van der Waals surface area contributed by atoms with Gasteiger partial charge in [-0.2, -0.15) is 0 Å². The molecular formula is C32H33N5O8. The number of aryl methyl sites for hydroxylation is 3. The summed E-state index contributed by atoms with van der Waals surface area (Å²) in [6.07, 6.45) is 0.663. The number of nitrogens with one attached hydrogen (secondary N) is 2. The van der Waals surface area contributed by atoms with E-state index in [0.29, 0.717) is 52.3 Å².